The molecule has 1 aliphatic heterocycles. The van der Waals surface area contributed by atoms with Crippen molar-refractivity contribution in [3.8, 4) is 0 Å². The second-order valence-corrected chi connectivity index (χ2v) is 6.98. The summed E-state index contributed by atoms with van der Waals surface area (Å²) >= 11 is 0. The minimum Gasteiger partial charge on any atom is -0.337 e. The molecule has 2 aromatic rings. The number of carbonyl (C=O) groups is 1. The molecule has 1 unspecified atom stereocenters. The number of alkyl halides is 3. The topological polar surface area (TPSA) is 50.2 Å². The highest BCUT2D eigenvalue weighted by Crippen LogP contribution is 2.34. The molecule has 1 N–H and O–H groups in total. The third-order valence-electron chi connectivity index (χ3n) is 4.82. The van der Waals surface area contributed by atoms with Gasteiger partial charge in [0.1, 0.15) is 0 Å². The summed E-state index contributed by atoms with van der Waals surface area (Å²) in [6, 6.07) is 4.47. The van der Waals surface area contributed by atoms with Gasteiger partial charge in [0.15, 0.2) is 0 Å². The molecular weight excluding hydrogens is 345 g/mol. The third kappa shape index (κ3) is 3.42. The molecule has 1 aromatic carbocycles. The predicted octanol–water partition coefficient (Wildman–Crippen LogP) is 3.46. The van der Waals surface area contributed by atoms with Gasteiger partial charge in [-0.3, -0.25) is 4.79 Å². The fourth-order valence-corrected chi connectivity index (χ4v) is 3.53. The number of nitrogens with zero attached hydrogens (tertiary/aromatic N) is 3. The fourth-order valence-electron chi connectivity index (χ4n) is 3.53. The normalized spacial score (nSPS) is 18.7. The van der Waals surface area contributed by atoms with Crippen LogP contribution in [0.1, 0.15) is 48.9 Å². The molecule has 0 bridgehead atoms. The molecule has 1 aliphatic rings. The van der Waals surface area contributed by atoms with Crippen LogP contribution in [0.25, 0.3) is 11.0 Å². The standard InChI is InChI=1S/C18H23F3N4O/c1-11(2)25-15-7-6-12(9-14(15)23-17(25)18(19,20)21)16(26)24-8-4-5-13(10-24)22-3/h6-7,9,11,13,22H,4-5,8,10H2,1-3H3. The molecule has 142 valence electrons. The van der Waals surface area contributed by atoms with E-state index in [9.17, 15) is 18.0 Å². The van der Waals surface area contributed by atoms with E-state index in [1.807, 2.05) is 7.05 Å². The number of imidazole rings is 1. The number of piperidine rings is 1. The second-order valence-electron chi connectivity index (χ2n) is 6.98. The molecule has 0 radical (unpaired) electrons. The number of aromatic nitrogens is 2. The lowest BCUT2D eigenvalue weighted by molar-refractivity contribution is -0.147. The maximum atomic E-state index is 13.3. The Morgan fingerprint density at radius 1 is 1.35 bits per heavy atom. The number of hydrogen-bond donors (Lipinski definition) is 1. The van der Waals surface area contributed by atoms with Crippen LogP contribution in [0.15, 0.2) is 18.2 Å². The number of rotatable bonds is 3. The van der Waals surface area contributed by atoms with Gasteiger partial charge in [-0.25, -0.2) is 4.98 Å². The van der Waals surface area contributed by atoms with Gasteiger partial charge in [0.2, 0.25) is 5.82 Å². The van der Waals surface area contributed by atoms with E-state index >= 15 is 0 Å². The smallest absolute Gasteiger partial charge is 0.337 e. The van der Waals surface area contributed by atoms with Gasteiger partial charge in [-0.05, 0) is 51.9 Å². The lowest BCUT2D eigenvalue weighted by Gasteiger charge is -2.32. The largest absolute Gasteiger partial charge is 0.449 e. The van der Waals surface area contributed by atoms with Crippen LogP contribution in [0.4, 0.5) is 13.2 Å². The zero-order valence-electron chi connectivity index (χ0n) is 15.1. The van der Waals surface area contributed by atoms with Crippen molar-refractivity contribution >= 4 is 16.9 Å². The number of carbonyl (C=O) groups excluding carboxylic acids is 1. The first-order valence-corrected chi connectivity index (χ1v) is 8.78. The van der Waals surface area contributed by atoms with Gasteiger partial charge >= 0.3 is 6.18 Å². The van der Waals surface area contributed by atoms with Gasteiger partial charge < -0.3 is 14.8 Å². The SMILES string of the molecule is CNC1CCCN(C(=O)c2ccc3c(c2)nc(C(F)(F)F)n3C(C)C)C1. The summed E-state index contributed by atoms with van der Waals surface area (Å²) in [5.74, 6) is -1.10. The Morgan fingerprint density at radius 2 is 2.08 bits per heavy atom. The monoisotopic (exact) mass is 368 g/mol. The molecule has 2 heterocycles. The minimum atomic E-state index is -4.54. The molecule has 3 rings (SSSR count). The number of likely N-dealkylation sites (tertiary alicyclic amines) is 1. The first kappa shape index (κ1) is 18.7. The predicted molar refractivity (Wildman–Crippen MR) is 93.1 cm³/mol. The summed E-state index contributed by atoms with van der Waals surface area (Å²) in [5, 5.41) is 3.18. The van der Waals surface area contributed by atoms with Crippen LogP contribution < -0.4 is 5.32 Å². The number of benzene rings is 1. The summed E-state index contributed by atoms with van der Waals surface area (Å²) in [6.45, 7) is 4.62. The van der Waals surface area contributed by atoms with Crippen molar-refractivity contribution in [2.75, 3.05) is 20.1 Å². The van der Waals surface area contributed by atoms with Crippen molar-refractivity contribution in [1.29, 1.82) is 0 Å². The number of fused-ring (bicyclic) bond motifs is 1. The number of halogens is 3. The Kier molecular flexibility index (Phi) is 4.96. The Balaban J connectivity index is 1.98. The molecule has 0 spiro atoms. The lowest BCUT2D eigenvalue weighted by Crippen LogP contribution is -2.46. The van der Waals surface area contributed by atoms with Gasteiger partial charge in [0.05, 0.1) is 11.0 Å². The zero-order valence-corrected chi connectivity index (χ0v) is 15.1. The van der Waals surface area contributed by atoms with E-state index < -0.39 is 18.0 Å². The van der Waals surface area contributed by atoms with Gasteiger partial charge in [-0.1, -0.05) is 0 Å². The molecule has 1 aromatic heterocycles. The van der Waals surface area contributed by atoms with Gasteiger partial charge in [0, 0.05) is 30.7 Å². The molecular formula is C18H23F3N4O. The molecule has 1 saturated heterocycles. The number of hydrogen-bond acceptors (Lipinski definition) is 3. The Bertz CT molecular complexity index is 813. The highest BCUT2D eigenvalue weighted by Gasteiger charge is 2.38. The van der Waals surface area contributed by atoms with Crippen molar-refractivity contribution in [3.63, 3.8) is 0 Å². The van der Waals surface area contributed by atoms with E-state index in [1.165, 1.54) is 10.6 Å². The molecule has 0 aliphatic carbocycles. The van der Waals surface area contributed by atoms with Crippen LogP contribution in [0.5, 0.6) is 0 Å². The third-order valence-corrected chi connectivity index (χ3v) is 4.82. The van der Waals surface area contributed by atoms with Crippen LogP contribution in [0.2, 0.25) is 0 Å². The van der Waals surface area contributed by atoms with E-state index in [1.54, 1.807) is 30.9 Å². The number of nitrogens with one attached hydrogen (secondary N) is 1. The van der Waals surface area contributed by atoms with Crippen molar-refractivity contribution in [2.45, 2.75) is 44.9 Å². The van der Waals surface area contributed by atoms with Crippen LogP contribution in [-0.4, -0.2) is 46.5 Å². The average molecular weight is 368 g/mol. The van der Waals surface area contributed by atoms with Crippen LogP contribution >= 0.6 is 0 Å². The molecule has 1 amide bonds. The van der Waals surface area contributed by atoms with Crippen LogP contribution in [0, 0.1) is 0 Å². The molecule has 1 fully saturated rings. The minimum absolute atomic E-state index is 0.167. The van der Waals surface area contributed by atoms with E-state index in [4.69, 9.17) is 0 Å². The lowest BCUT2D eigenvalue weighted by atomic mass is 10.0. The van der Waals surface area contributed by atoms with Crippen LogP contribution in [-0.2, 0) is 6.18 Å². The molecule has 1 atom stereocenters. The average Bonchev–Trinajstić information content (AvgIpc) is 3.00. The maximum Gasteiger partial charge on any atom is 0.449 e. The summed E-state index contributed by atoms with van der Waals surface area (Å²) in [5.41, 5.74) is 0.950. The van der Waals surface area contributed by atoms with Crippen molar-refractivity contribution in [3.05, 3.63) is 29.6 Å². The quantitative estimate of drug-likeness (QED) is 0.903. The fraction of sp³-hybridized carbons (Fsp3) is 0.556. The highest BCUT2D eigenvalue weighted by atomic mass is 19.4. The van der Waals surface area contributed by atoms with Crippen molar-refractivity contribution < 1.29 is 18.0 Å². The molecule has 0 saturated carbocycles. The maximum absolute atomic E-state index is 13.3. The summed E-state index contributed by atoms with van der Waals surface area (Å²) in [6.07, 6.45) is -2.63. The van der Waals surface area contributed by atoms with E-state index in [-0.39, 0.29) is 17.5 Å². The second kappa shape index (κ2) is 6.90. The zero-order chi connectivity index (χ0) is 19.1. The van der Waals surface area contributed by atoms with Gasteiger partial charge in [-0.15, -0.1) is 0 Å². The number of amides is 1. The van der Waals surface area contributed by atoms with E-state index in [0.717, 1.165) is 12.8 Å². The highest BCUT2D eigenvalue weighted by molar-refractivity contribution is 5.97. The summed E-state index contributed by atoms with van der Waals surface area (Å²) in [7, 11) is 1.86. The van der Waals surface area contributed by atoms with Crippen LogP contribution in [0.3, 0.4) is 0 Å². The Labute approximate surface area is 150 Å². The van der Waals surface area contributed by atoms with E-state index in [2.05, 4.69) is 10.3 Å². The molecule has 5 nitrogen and oxygen atoms in total. The first-order chi connectivity index (χ1) is 12.2. The van der Waals surface area contributed by atoms with E-state index in [0.29, 0.717) is 24.2 Å². The Morgan fingerprint density at radius 3 is 2.69 bits per heavy atom. The summed E-state index contributed by atoms with van der Waals surface area (Å²) < 4.78 is 41.1. The first-order valence-electron chi connectivity index (χ1n) is 8.78. The summed E-state index contributed by atoms with van der Waals surface area (Å²) in [4.78, 5) is 18.3. The van der Waals surface area contributed by atoms with Crippen molar-refractivity contribution in [1.82, 2.24) is 19.8 Å². The Hall–Kier alpha value is -2.09. The van der Waals surface area contributed by atoms with Gasteiger partial charge in [0.25, 0.3) is 5.91 Å². The number of likely N-dealkylation sites (N-methyl/N-ethyl adjacent to an activating group) is 1. The molecule has 26 heavy (non-hydrogen) atoms. The van der Waals surface area contributed by atoms with Gasteiger partial charge in [-0.2, -0.15) is 13.2 Å². The van der Waals surface area contributed by atoms with Crippen molar-refractivity contribution in [2.24, 2.45) is 0 Å². The molecule has 8 heteroatoms.